The van der Waals surface area contributed by atoms with E-state index in [-0.39, 0.29) is 10.8 Å². The first kappa shape index (κ1) is 15.9. The number of nitrogens with two attached hydrogens (primary N) is 1. The minimum absolute atomic E-state index is 0.186. The van der Waals surface area contributed by atoms with Crippen molar-refractivity contribution in [3.63, 3.8) is 0 Å². The van der Waals surface area contributed by atoms with Gasteiger partial charge in [-0.15, -0.1) is 0 Å². The van der Waals surface area contributed by atoms with E-state index in [1.807, 2.05) is 0 Å². The van der Waals surface area contributed by atoms with E-state index < -0.39 is 10.0 Å². The van der Waals surface area contributed by atoms with Gasteiger partial charge in [0.15, 0.2) is 0 Å². The Balaban J connectivity index is 2.11. The molecular weight excluding hydrogens is 290 g/mol. The molecule has 1 aliphatic rings. The molecule has 0 aliphatic carbocycles. The van der Waals surface area contributed by atoms with Gasteiger partial charge in [-0.2, -0.15) is 4.31 Å². The van der Waals surface area contributed by atoms with Gasteiger partial charge in [0.2, 0.25) is 15.9 Å². The zero-order chi connectivity index (χ0) is 15.5. The third kappa shape index (κ3) is 3.81. The summed E-state index contributed by atoms with van der Waals surface area (Å²) < 4.78 is 26.6. The lowest BCUT2D eigenvalue weighted by Crippen LogP contribution is -2.39. The second-order valence-electron chi connectivity index (χ2n) is 5.29. The van der Waals surface area contributed by atoms with Crippen molar-refractivity contribution in [1.82, 2.24) is 4.31 Å². The number of nitrogens with zero attached hydrogens (tertiary/aromatic N) is 1. The largest absolute Gasteiger partial charge is 0.330 e. The van der Waals surface area contributed by atoms with Crippen LogP contribution in [0.4, 0.5) is 5.69 Å². The van der Waals surface area contributed by atoms with E-state index in [4.69, 9.17) is 5.73 Å². The van der Waals surface area contributed by atoms with Crippen molar-refractivity contribution >= 4 is 21.6 Å². The summed E-state index contributed by atoms with van der Waals surface area (Å²) in [5, 5.41) is 2.62. The van der Waals surface area contributed by atoms with Crippen molar-refractivity contribution in [2.75, 3.05) is 25.0 Å². The van der Waals surface area contributed by atoms with Crippen molar-refractivity contribution in [3.8, 4) is 0 Å². The Morgan fingerprint density at radius 1 is 1.29 bits per heavy atom. The van der Waals surface area contributed by atoms with Crippen LogP contribution in [-0.2, 0) is 14.8 Å². The molecule has 6 nitrogen and oxygen atoms in total. The van der Waals surface area contributed by atoms with Gasteiger partial charge < -0.3 is 11.1 Å². The van der Waals surface area contributed by atoms with Gasteiger partial charge in [-0.3, -0.25) is 4.79 Å². The maximum atomic E-state index is 12.5. The molecule has 1 heterocycles. The molecule has 0 bridgehead atoms. The minimum atomic E-state index is -3.46. The summed E-state index contributed by atoms with van der Waals surface area (Å²) in [5.41, 5.74) is 6.21. The second kappa shape index (κ2) is 6.55. The summed E-state index contributed by atoms with van der Waals surface area (Å²) in [6.45, 7) is 3.04. The molecule has 1 aromatic carbocycles. The molecule has 0 unspecified atom stereocenters. The Hall–Kier alpha value is -1.44. The van der Waals surface area contributed by atoms with Gasteiger partial charge in [-0.25, -0.2) is 8.42 Å². The number of carbonyl (C=O) groups excluding carboxylic acids is 1. The quantitative estimate of drug-likeness (QED) is 0.868. The lowest BCUT2D eigenvalue weighted by atomic mass is 9.99. The predicted octanol–water partition coefficient (Wildman–Crippen LogP) is 1.00. The highest BCUT2D eigenvalue weighted by molar-refractivity contribution is 7.89. The number of rotatable bonds is 4. The number of piperidine rings is 1. The lowest BCUT2D eigenvalue weighted by Gasteiger charge is -2.30. The molecule has 1 aliphatic heterocycles. The summed E-state index contributed by atoms with van der Waals surface area (Å²) in [6.07, 6.45) is 1.61. The summed E-state index contributed by atoms with van der Waals surface area (Å²) in [6, 6.07) is 6.24. The van der Waals surface area contributed by atoms with Crippen LogP contribution in [0.15, 0.2) is 29.2 Å². The first-order chi connectivity index (χ1) is 9.93. The molecule has 21 heavy (non-hydrogen) atoms. The molecule has 3 N–H and O–H groups in total. The van der Waals surface area contributed by atoms with Crippen LogP contribution in [-0.4, -0.2) is 38.3 Å². The van der Waals surface area contributed by atoms with Crippen LogP contribution in [0.5, 0.6) is 0 Å². The zero-order valence-electron chi connectivity index (χ0n) is 12.1. The van der Waals surface area contributed by atoms with Crippen LogP contribution in [0, 0.1) is 5.92 Å². The molecule has 2 rings (SSSR count). The standard InChI is InChI=1S/C14H21N3O3S/c1-11(18)16-13-2-4-14(5-3-13)21(19,20)17-8-6-12(10-15)7-9-17/h2-5,12H,6-10,15H2,1H3,(H,16,18). The van der Waals surface area contributed by atoms with E-state index in [2.05, 4.69) is 5.32 Å². The number of amides is 1. The Morgan fingerprint density at radius 3 is 2.33 bits per heavy atom. The first-order valence-corrected chi connectivity index (χ1v) is 8.45. The maximum Gasteiger partial charge on any atom is 0.243 e. The fourth-order valence-corrected chi connectivity index (χ4v) is 3.92. The van der Waals surface area contributed by atoms with Gasteiger partial charge in [0.25, 0.3) is 0 Å². The highest BCUT2D eigenvalue weighted by Crippen LogP contribution is 2.24. The van der Waals surface area contributed by atoms with Crippen LogP contribution < -0.4 is 11.1 Å². The average molecular weight is 311 g/mol. The average Bonchev–Trinajstić information content (AvgIpc) is 2.47. The van der Waals surface area contributed by atoms with Gasteiger partial charge in [0.05, 0.1) is 4.90 Å². The molecule has 7 heteroatoms. The van der Waals surface area contributed by atoms with Gasteiger partial charge in [0, 0.05) is 25.7 Å². The van der Waals surface area contributed by atoms with Gasteiger partial charge in [0.1, 0.15) is 0 Å². The fraction of sp³-hybridized carbons (Fsp3) is 0.500. The van der Waals surface area contributed by atoms with Crippen molar-refractivity contribution in [1.29, 1.82) is 0 Å². The Morgan fingerprint density at radius 2 is 1.86 bits per heavy atom. The third-order valence-electron chi connectivity index (χ3n) is 3.72. The molecule has 0 aromatic heterocycles. The number of hydrogen-bond acceptors (Lipinski definition) is 4. The number of nitrogens with one attached hydrogen (secondary N) is 1. The van der Waals surface area contributed by atoms with Crippen molar-refractivity contribution in [2.45, 2.75) is 24.7 Å². The molecule has 0 radical (unpaired) electrons. The van der Waals surface area contributed by atoms with E-state index in [0.29, 0.717) is 31.2 Å². The molecule has 0 spiro atoms. The Labute approximate surface area is 125 Å². The van der Waals surface area contributed by atoms with Gasteiger partial charge >= 0.3 is 0 Å². The highest BCUT2D eigenvalue weighted by Gasteiger charge is 2.28. The van der Waals surface area contributed by atoms with Crippen LogP contribution in [0.2, 0.25) is 0 Å². The van der Waals surface area contributed by atoms with Gasteiger partial charge in [-0.05, 0) is 49.6 Å². The molecule has 0 atom stereocenters. The van der Waals surface area contributed by atoms with E-state index in [1.54, 1.807) is 12.1 Å². The number of sulfonamides is 1. The molecule has 116 valence electrons. The van der Waals surface area contributed by atoms with Crippen LogP contribution >= 0.6 is 0 Å². The molecule has 1 aromatic rings. The third-order valence-corrected chi connectivity index (χ3v) is 5.63. The summed E-state index contributed by atoms with van der Waals surface area (Å²) >= 11 is 0. The summed E-state index contributed by atoms with van der Waals surface area (Å²) in [4.78, 5) is 11.2. The summed E-state index contributed by atoms with van der Waals surface area (Å²) in [7, 11) is -3.46. The Bertz CT molecular complexity index is 590. The maximum absolute atomic E-state index is 12.5. The Kier molecular flexibility index (Phi) is 4.97. The topological polar surface area (TPSA) is 92.5 Å². The normalized spacial score (nSPS) is 17.6. The highest BCUT2D eigenvalue weighted by atomic mass is 32.2. The molecular formula is C14H21N3O3S. The predicted molar refractivity (Wildman–Crippen MR) is 81.3 cm³/mol. The number of anilines is 1. The second-order valence-corrected chi connectivity index (χ2v) is 7.23. The molecule has 1 saturated heterocycles. The minimum Gasteiger partial charge on any atom is -0.330 e. The first-order valence-electron chi connectivity index (χ1n) is 7.01. The van der Waals surface area contributed by atoms with E-state index in [9.17, 15) is 13.2 Å². The van der Waals surface area contributed by atoms with Gasteiger partial charge in [-0.1, -0.05) is 0 Å². The lowest BCUT2D eigenvalue weighted by molar-refractivity contribution is -0.114. The molecule has 1 fully saturated rings. The number of carbonyl (C=O) groups is 1. The SMILES string of the molecule is CC(=O)Nc1ccc(S(=O)(=O)N2CCC(CN)CC2)cc1. The van der Waals surface area contributed by atoms with Crippen molar-refractivity contribution in [2.24, 2.45) is 11.7 Å². The smallest absolute Gasteiger partial charge is 0.243 e. The van der Waals surface area contributed by atoms with Crippen LogP contribution in [0.3, 0.4) is 0 Å². The van der Waals surface area contributed by atoms with Crippen molar-refractivity contribution in [3.05, 3.63) is 24.3 Å². The van der Waals surface area contributed by atoms with E-state index in [1.165, 1.54) is 23.4 Å². The molecule has 0 saturated carbocycles. The van der Waals surface area contributed by atoms with E-state index >= 15 is 0 Å². The number of hydrogen-bond donors (Lipinski definition) is 2. The molecule has 1 amide bonds. The monoisotopic (exact) mass is 311 g/mol. The number of benzene rings is 1. The van der Waals surface area contributed by atoms with Crippen LogP contribution in [0.25, 0.3) is 0 Å². The summed E-state index contributed by atoms with van der Waals surface area (Å²) in [5.74, 6) is 0.230. The van der Waals surface area contributed by atoms with Crippen LogP contribution in [0.1, 0.15) is 19.8 Å². The van der Waals surface area contributed by atoms with E-state index in [0.717, 1.165) is 12.8 Å². The van der Waals surface area contributed by atoms with Crippen molar-refractivity contribution < 1.29 is 13.2 Å². The zero-order valence-corrected chi connectivity index (χ0v) is 12.9. The fourth-order valence-electron chi connectivity index (χ4n) is 2.45.